The number of hydrogen-bond acceptors (Lipinski definition) is 4. The Bertz CT molecular complexity index is 466. The zero-order chi connectivity index (χ0) is 15.2. The van der Waals surface area contributed by atoms with E-state index in [-0.39, 0.29) is 12.0 Å². The number of amides is 1. The summed E-state index contributed by atoms with van der Waals surface area (Å²) in [4.78, 5) is 13.9. The highest BCUT2D eigenvalue weighted by molar-refractivity contribution is 5.77. The van der Waals surface area contributed by atoms with Crippen molar-refractivity contribution in [2.45, 2.75) is 39.3 Å². The average molecular weight is 294 g/mol. The van der Waals surface area contributed by atoms with Crippen LogP contribution in [0.15, 0.2) is 6.07 Å². The summed E-state index contributed by atoms with van der Waals surface area (Å²) in [5.41, 5.74) is 2.19. The molecule has 1 fully saturated rings. The van der Waals surface area contributed by atoms with Gasteiger partial charge in [0, 0.05) is 25.4 Å². The molecule has 1 N–H and O–H groups in total. The summed E-state index contributed by atoms with van der Waals surface area (Å²) in [5, 5.41) is 7.36. The molecule has 1 aromatic rings. The van der Waals surface area contributed by atoms with Gasteiger partial charge in [-0.05, 0) is 39.8 Å². The van der Waals surface area contributed by atoms with Crippen molar-refractivity contribution >= 4 is 5.91 Å². The van der Waals surface area contributed by atoms with Crippen LogP contribution in [0.4, 0.5) is 0 Å². The quantitative estimate of drug-likeness (QED) is 0.805. The summed E-state index contributed by atoms with van der Waals surface area (Å²) in [6.45, 7) is 7.50. The molecular weight excluding hydrogens is 268 g/mol. The molecule has 0 aromatic carbocycles. The molecule has 2 rings (SSSR count). The average Bonchev–Trinajstić information content (AvgIpc) is 3.04. The van der Waals surface area contributed by atoms with Crippen molar-refractivity contribution in [2.75, 3.05) is 33.3 Å². The fourth-order valence-corrected chi connectivity index (χ4v) is 2.58. The summed E-state index contributed by atoms with van der Waals surface area (Å²) >= 11 is 0. The summed E-state index contributed by atoms with van der Waals surface area (Å²) in [7, 11) is 1.96. The zero-order valence-electron chi connectivity index (χ0n) is 13.3. The predicted octanol–water partition coefficient (Wildman–Crippen LogP) is 0.727. The summed E-state index contributed by atoms with van der Waals surface area (Å²) in [5.74, 6) is 0.0568. The first kappa shape index (κ1) is 16.0. The molecular formula is C15H26N4O2. The predicted molar refractivity (Wildman–Crippen MR) is 81.2 cm³/mol. The third kappa shape index (κ3) is 5.13. The third-order valence-electron chi connectivity index (χ3n) is 3.76. The third-order valence-corrected chi connectivity index (χ3v) is 3.76. The Kier molecular flexibility index (Phi) is 5.76. The molecule has 0 bridgehead atoms. The van der Waals surface area contributed by atoms with Gasteiger partial charge in [-0.2, -0.15) is 5.10 Å². The SMILES string of the molecule is Cc1cc(C)n(CCN(C)CC(=O)NCC2CCCO2)n1. The monoisotopic (exact) mass is 294 g/mol. The minimum atomic E-state index is 0.0568. The van der Waals surface area contributed by atoms with Gasteiger partial charge in [0.2, 0.25) is 5.91 Å². The Labute approximate surface area is 126 Å². The van der Waals surface area contributed by atoms with Gasteiger partial charge in [0.25, 0.3) is 0 Å². The van der Waals surface area contributed by atoms with Gasteiger partial charge in [-0.1, -0.05) is 0 Å². The van der Waals surface area contributed by atoms with Crippen LogP contribution in [0.2, 0.25) is 0 Å². The molecule has 118 valence electrons. The lowest BCUT2D eigenvalue weighted by Crippen LogP contribution is -2.39. The number of nitrogens with zero attached hydrogens (tertiary/aromatic N) is 3. The topological polar surface area (TPSA) is 59.4 Å². The first-order valence-electron chi connectivity index (χ1n) is 7.62. The molecule has 1 aliphatic rings. The Morgan fingerprint density at radius 2 is 2.38 bits per heavy atom. The maximum Gasteiger partial charge on any atom is 0.234 e. The van der Waals surface area contributed by atoms with Gasteiger partial charge in [0.15, 0.2) is 0 Å². The van der Waals surface area contributed by atoms with E-state index in [1.54, 1.807) is 0 Å². The van der Waals surface area contributed by atoms with Crippen LogP contribution < -0.4 is 5.32 Å². The van der Waals surface area contributed by atoms with Crippen LogP contribution in [-0.4, -0.2) is 60.0 Å². The van der Waals surface area contributed by atoms with Crippen molar-refractivity contribution < 1.29 is 9.53 Å². The van der Waals surface area contributed by atoms with Crippen LogP contribution in [0.3, 0.4) is 0 Å². The van der Waals surface area contributed by atoms with Gasteiger partial charge < -0.3 is 10.1 Å². The van der Waals surface area contributed by atoms with E-state index in [0.29, 0.717) is 13.1 Å². The van der Waals surface area contributed by atoms with E-state index >= 15 is 0 Å². The van der Waals surface area contributed by atoms with Crippen LogP contribution in [0.1, 0.15) is 24.2 Å². The fraction of sp³-hybridized carbons (Fsp3) is 0.733. The van der Waals surface area contributed by atoms with Crippen LogP contribution >= 0.6 is 0 Å². The van der Waals surface area contributed by atoms with Crippen molar-refractivity contribution in [3.05, 3.63) is 17.5 Å². The highest BCUT2D eigenvalue weighted by Crippen LogP contribution is 2.10. The van der Waals surface area contributed by atoms with Crippen LogP contribution in [0.25, 0.3) is 0 Å². The second-order valence-corrected chi connectivity index (χ2v) is 5.83. The van der Waals surface area contributed by atoms with Gasteiger partial charge in [-0.25, -0.2) is 0 Å². The smallest absolute Gasteiger partial charge is 0.234 e. The molecule has 6 nitrogen and oxygen atoms in total. The van der Waals surface area contributed by atoms with Crippen LogP contribution in [0.5, 0.6) is 0 Å². The van der Waals surface area contributed by atoms with Crippen LogP contribution in [-0.2, 0) is 16.1 Å². The number of aryl methyl sites for hydroxylation is 2. The molecule has 1 amide bonds. The number of ether oxygens (including phenoxy) is 1. The molecule has 0 saturated carbocycles. The number of hydrogen-bond donors (Lipinski definition) is 1. The molecule has 0 radical (unpaired) electrons. The number of carbonyl (C=O) groups is 1. The molecule has 0 spiro atoms. The Balaban J connectivity index is 1.65. The van der Waals surface area contributed by atoms with E-state index in [0.717, 1.165) is 43.9 Å². The van der Waals surface area contributed by atoms with E-state index < -0.39 is 0 Å². The van der Waals surface area contributed by atoms with Crippen LogP contribution in [0, 0.1) is 13.8 Å². The van der Waals surface area contributed by atoms with E-state index in [1.807, 2.05) is 30.5 Å². The largest absolute Gasteiger partial charge is 0.376 e. The maximum atomic E-state index is 11.9. The molecule has 1 unspecified atom stereocenters. The second-order valence-electron chi connectivity index (χ2n) is 5.83. The maximum absolute atomic E-state index is 11.9. The molecule has 1 aliphatic heterocycles. The zero-order valence-corrected chi connectivity index (χ0v) is 13.3. The lowest BCUT2D eigenvalue weighted by atomic mass is 10.2. The van der Waals surface area contributed by atoms with E-state index in [9.17, 15) is 4.79 Å². The number of aromatic nitrogens is 2. The summed E-state index contributed by atoms with van der Waals surface area (Å²) in [6.07, 6.45) is 2.35. The van der Waals surface area contributed by atoms with Gasteiger partial charge in [0.1, 0.15) is 0 Å². The first-order chi connectivity index (χ1) is 10.0. The molecule has 1 saturated heterocycles. The molecule has 21 heavy (non-hydrogen) atoms. The molecule has 1 aromatic heterocycles. The minimum Gasteiger partial charge on any atom is -0.376 e. The van der Waals surface area contributed by atoms with Crippen molar-refractivity contribution in [2.24, 2.45) is 0 Å². The highest BCUT2D eigenvalue weighted by atomic mass is 16.5. The standard InChI is InChI=1S/C15H26N4O2/c1-12-9-13(2)19(17-12)7-6-18(3)11-15(20)16-10-14-5-4-8-21-14/h9,14H,4-8,10-11H2,1-3H3,(H,16,20). The second kappa shape index (κ2) is 7.56. The number of carbonyl (C=O) groups excluding carboxylic acids is 1. The lowest BCUT2D eigenvalue weighted by molar-refractivity contribution is -0.122. The molecule has 0 aliphatic carbocycles. The van der Waals surface area contributed by atoms with Gasteiger partial charge in [-0.15, -0.1) is 0 Å². The fourth-order valence-electron chi connectivity index (χ4n) is 2.58. The van der Waals surface area contributed by atoms with Crippen molar-refractivity contribution in [3.63, 3.8) is 0 Å². The van der Waals surface area contributed by atoms with Gasteiger partial charge in [-0.3, -0.25) is 14.4 Å². The first-order valence-corrected chi connectivity index (χ1v) is 7.62. The van der Waals surface area contributed by atoms with Crippen molar-refractivity contribution in [1.29, 1.82) is 0 Å². The van der Waals surface area contributed by atoms with E-state index in [2.05, 4.69) is 16.5 Å². The molecule has 6 heteroatoms. The Hall–Kier alpha value is -1.40. The molecule has 1 atom stereocenters. The lowest BCUT2D eigenvalue weighted by Gasteiger charge is -2.17. The number of likely N-dealkylation sites (N-methyl/N-ethyl adjacent to an activating group) is 1. The van der Waals surface area contributed by atoms with Gasteiger partial charge >= 0.3 is 0 Å². The minimum absolute atomic E-state index is 0.0568. The van der Waals surface area contributed by atoms with Crippen molar-refractivity contribution in [3.8, 4) is 0 Å². The number of nitrogens with one attached hydrogen (secondary N) is 1. The highest BCUT2D eigenvalue weighted by Gasteiger charge is 2.16. The van der Waals surface area contributed by atoms with E-state index in [4.69, 9.17) is 4.74 Å². The summed E-state index contributed by atoms with van der Waals surface area (Å²) < 4.78 is 7.47. The van der Waals surface area contributed by atoms with Crippen molar-refractivity contribution in [1.82, 2.24) is 20.0 Å². The Morgan fingerprint density at radius 3 is 3.00 bits per heavy atom. The van der Waals surface area contributed by atoms with Gasteiger partial charge in [0.05, 0.1) is 24.9 Å². The molecule has 2 heterocycles. The van der Waals surface area contributed by atoms with E-state index in [1.165, 1.54) is 0 Å². The Morgan fingerprint density at radius 1 is 1.57 bits per heavy atom. The normalized spacial score (nSPS) is 18.4. The summed E-state index contributed by atoms with van der Waals surface area (Å²) in [6, 6.07) is 2.06. The number of rotatable bonds is 7.